The van der Waals surface area contributed by atoms with Gasteiger partial charge in [0.25, 0.3) is 0 Å². The van der Waals surface area contributed by atoms with Crippen molar-refractivity contribution in [2.45, 2.75) is 31.1 Å². The van der Waals surface area contributed by atoms with Gasteiger partial charge in [0, 0.05) is 19.5 Å². The number of benzene rings is 1. The van der Waals surface area contributed by atoms with E-state index in [4.69, 9.17) is 4.74 Å². The minimum atomic E-state index is -3.46. The monoisotopic (exact) mass is 353 g/mol. The van der Waals surface area contributed by atoms with E-state index in [9.17, 15) is 18.0 Å². The van der Waals surface area contributed by atoms with Crippen molar-refractivity contribution in [2.75, 3.05) is 26.0 Å². The van der Waals surface area contributed by atoms with E-state index >= 15 is 0 Å². The van der Waals surface area contributed by atoms with Crippen LogP contribution in [0, 0.1) is 12.8 Å². The lowest BCUT2D eigenvalue weighted by atomic mass is 9.97. The fourth-order valence-corrected chi connectivity index (χ4v) is 4.00. The molecule has 1 fully saturated rings. The molecule has 1 amide bonds. The SMILES string of the molecule is COC(=O)C1CCN(C(=O)CCS(=O)(=O)c2ccc(C)cc2)CC1. The van der Waals surface area contributed by atoms with Gasteiger partial charge in [0.2, 0.25) is 5.91 Å². The maximum atomic E-state index is 12.3. The van der Waals surface area contributed by atoms with Crippen molar-refractivity contribution in [3.05, 3.63) is 29.8 Å². The summed E-state index contributed by atoms with van der Waals surface area (Å²) in [5.41, 5.74) is 0.985. The number of piperidine rings is 1. The Kier molecular flexibility index (Phi) is 5.99. The minimum Gasteiger partial charge on any atom is -0.469 e. The molecule has 7 heteroatoms. The van der Waals surface area contributed by atoms with Gasteiger partial charge in [0.15, 0.2) is 9.84 Å². The van der Waals surface area contributed by atoms with Crippen LogP contribution in [-0.4, -0.2) is 51.1 Å². The van der Waals surface area contributed by atoms with Gasteiger partial charge in [0.1, 0.15) is 0 Å². The quantitative estimate of drug-likeness (QED) is 0.751. The Morgan fingerprint density at radius 2 is 1.75 bits per heavy atom. The number of hydrogen-bond acceptors (Lipinski definition) is 5. The standard InChI is InChI=1S/C17H23NO5S/c1-13-3-5-15(6-4-13)24(21,22)12-9-16(19)18-10-7-14(8-11-18)17(20)23-2/h3-6,14H,7-12H2,1-2H3. The Hall–Kier alpha value is -1.89. The Morgan fingerprint density at radius 1 is 1.17 bits per heavy atom. The van der Waals surface area contributed by atoms with Crippen LogP contribution in [0.1, 0.15) is 24.8 Å². The molecule has 0 N–H and O–H groups in total. The van der Waals surface area contributed by atoms with Crippen molar-refractivity contribution in [1.29, 1.82) is 0 Å². The van der Waals surface area contributed by atoms with Crippen LogP contribution in [0.5, 0.6) is 0 Å². The first-order chi connectivity index (χ1) is 11.3. The Bertz CT molecular complexity index is 688. The minimum absolute atomic E-state index is 0.0426. The fourth-order valence-electron chi connectivity index (χ4n) is 2.77. The molecule has 0 saturated carbocycles. The zero-order valence-electron chi connectivity index (χ0n) is 14.0. The normalized spacial score (nSPS) is 16.0. The second-order valence-corrected chi connectivity index (χ2v) is 8.17. The second kappa shape index (κ2) is 7.79. The van der Waals surface area contributed by atoms with Crippen LogP contribution in [0.4, 0.5) is 0 Å². The third kappa shape index (κ3) is 4.56. The first-order valence-electron chi connectivity index (χ1n) is 7.98. The van der Waals surface area contributed by atoms with Crippen LogP contribution >= 0.6 is 0 Å². The lowest BCUT2D eigenvalue weighted by Gasteiger charge is -2.30. The van der Waals surface area contributed by atoms with Crippen LogP contribution in [0.15, 0.2) is 29.2 Å². The van der Waals surface area contributed by atoms with E-state index in [0.717, 1.165) is 5.56 Å². The predicted octanol–water partition coefficient (Wildman–Crippen LogP) is 1.57. The molecule has 24 heavy (non-hydrogen) atoms. The number of nitrogens with zero attached hydrogens (tertiary/aromatic N) is 1. The predicted molar refractivity (Wildman–Crippen MR) is 89.2 cm³/mol. The number of likely N-dealkylation sites (tertiary alicyclic amines) is 1. The van der Waals surface area contributed by atoms with Crippen LogP contribution < -0.4 is 0 Å². The van der Waals surface area contributed by atoms with E-state index in [1.165, 1.54) is 7.11 Å². The number of sulfone groups is 1. The number of methoxy groups -OCH3 is 1. The summed E-state index contributed by atoms with van der Waals surface area (Å²) in [6.07, 6.45) is 1.07. The molecule has 1 aromatic carbocycles. The molecule has 0 spiro atoms. The number of amides is 1. The molecule has 1 heterocycles. The molecule has 0 aromatic heterocycles. The molecule has 1 aromatic rings. The van der Waals surface area contributed by atoms with Gasteiger partial charge in [-0.15, -0.1) is 0 Å². The molecule has 2 rings (SSSR count). The molecule has 0 bridgehead atoms. The van der Waals surface area contributed by atoms with Gasteiger partial charge < -0.3 is 9.64 Å². The summed E-state index contributed by atoms with van der Waals surface area (Å²) in [5.74, 6) is -0.806. The number of esters is 1. The number of aryl methyl sites for hydroxylation is 1. The zero-order valence-corrected chi connectivity index (χ0v) is 14.8. The number of carbonyl (C=O) groups is 2. The molecular formula is C17H23NO5S. The van der Waals surface area contributed by atoms with Gasteiger partial charge in [-0.1, -0.05) is 17.7 Å². The average Bonchev–Trinajstić information content (AvgIpc) is 2.59. The van der Waals surface area contributed by atoms with E-state index < -0.39 is 9.84 Å². The van der Waals surface area contributed by atoms with Gasteiger partial charge in [0.05, 0.1) is 23.7 Å². The van der Waals surface area contributed by atoms with Gasteiger partial charge in [-0.25, -0.2) is 8.42 Å². The largest absolute Gasteiger partial charge is 0.469 e. The topological polar surface area (TPSA) is 80.8 Å². The molecule has 1 aliphatic rings. The van der Waals surface area contributed by atoms with Crippen molar-refractivity contribution in [3.8, 4) is 0 Å². The number of carbonyl (C=O) groups excluding carboxylic acids is 2. The van der Waals surface area contributed by atoms with Crippen LogP contribution in [0.2, 0.25) is 0 Å². The highest BCUT2D eigenvalue weighted by Gasteiger charge is 2.28. The van der Waals surface area contributed by atoms with Crippen LogP contribution in [0.25, 0.3) is 0 Å². The molecule has 132 valence electrons. The summed E-state index contributed by atoms with van der Waals surface area (Å²) in [7, 11) is -2.10. The summed E-state index contributed by atoms with van der Waals surface area (Å²) in [6, 6.07) is 6.62. The molecule has 0 atom stereocenters. The van der Waals surface area contributed by atoms with E-state index in [-0.39, 0.29) is 34.9 Å². The number of rotatable bonds is 5. The summed E-state index contributed by atoms with van der Waals surface area (Å²) in [5, 5.41) is 0. The van der Waals surface area contributed by atoms with E-state index in [1.807, 2.05) is 6.92 Å². The number of hydrogen-bond donors (Lipinski definition) is 0. The van der Waals surface area contributed by atoms with Crippen molar-refractivity contribution < 1.29 is 22.7 Å². The summed E-state index contributed by atoms with van der Waals surface area (Å²) < 4.78 is 29.3. The fraction of sp³-hybridized carbons (Fsp3) is 0.529. The first-order valence-corrected chi connectivity index (χ1v) is 9.64. The molecule has 0 aliphatic carbocycles. The highest BCUT2D eigenvalue weighted by atomic mass is 32.2. The average molecular weight is 353 g/mol. The van der Waals surface area contributed by atoms with E-state index in [0.29, 0.717) is 25.9 Å². The number of ether oxygens (including phenoxy) is 1. The highest BCUT2D eigenvalue weighted by Crippen LogP contribution is 2.20. The van der Waals surface area contributed by atoms with Gasteiger partial charge >= 0.3 is 5.97 Å². The molecule has 1 aliphatic heterocycles. The maximum Gasteiger partial charge on any atom is 0.308 e. The third-order valence-corrected chi connectivity index (χ3v) is 6.08. The van der Waals surface area contributed by atoms with Gasteiger partial charge in [-0.05, 0) is 31.9 Å². The maximum absolute atomic E-state index is 12.3. The molecule has 0 radical (unpaired) electrons. The molecule has 0 unspecified atom stereocenters. The Morgan fingerprint density at radius 3 is 2.29 bits per heavy atom. The zero-order chi connectivity index (χ0) is 17.7. The summed E-state index contributed by atoms with van der Waals surface area (Å²) >= 11 is 0. The van der Waals surface area contributed by atoms with Crippen molar-refractivity contribution in [3.63, 3.8) is 0 Å². The van der Waals surface area contributed by atoms with E-state index in [1.54, 1.807) is 29.2 Å². The smallest absolute Gasteiger partial charge is 0.308 e. The second-order valence-electron chi connectivity index (χ2n) is 6.06. The molecule has 1 saturated heterocycles. The lowest BCUT2D eigenvalue weighted by molar-refractivity contribution is -0.148. The molecular weight excluding hydrogens is 330 g/mol. The summed E-state index contributed by atoms with van der Waals surface area (Å²) in [6.45, 7) is 2.81. The van der Waals surface area contributed by atoms with Gasteiger partial charge in [-0.2, -0.15) is 0 Å². The highest BCUT2D eigenvalue weighted by molar-refractivity contribution is 7.91. The first kappa shape index (κ1) is 18.4. The van der Waals surface area contributed by atoms with Gasteiger partial charge in [-0.3, -0.25) is 9.59 Å². The Balaban J connectivity index is 1.87. The van der Waals surface area contributed by atoms with Crippen molar-refractivity contribution >= 4 is 21.7 Å². The third-order valence-electron chi connectivity index (χ3n) is 4.35. The van der Waals surface area contributed by atoms with Crippen LogP contribution in [0.3, 0.4) is 0 Å². The lowest BCUT2D eigenvalue weighted by Crippen LogP contribution is -2.41. The van der Waals surface area contributed by atoms with Crippen LogP contribution in [-0.2, 0) is 24.2 Å². The van der Waals surface area contributed by atoms with Crippen molar-refractivity contribution in [1.82, 2.24) is 4.90 Å². The summed E-state index contributed by atoms with van der Waals surface area (Å²) in [4.78, 5) is 25.6. The van der Waals surface area contributed by atoms with E-state index in [2.05, 4.69) is 0 Å². The molecule has 6 nitrogen and oxygen atoms in total. The Labute approximate surface area is 142 Å². The van der Waals surface area contributed by atoms with Crippen molar-refractivity contribution in [2.24, 2.45) is 5.92 Å².